The van der Waals surface area contributed by atoms with E-state index in [0.717, 1.165) is 16.6 Å². The lowest BCUT2D eigenvalue weighted by Gasteiger charge is -2.17. The topological polar surface area (TPSA) is 44.8 Å². The highest BCUT2D eigenvalue weighted by Crippen LogP contribution is 2.34. The molecule has 2 aromatic heterocycles. The molecule has 0 bridgehead atoms. The number of nitrogens with one attached hydrogen (secondary N) is 1. The van der Waals surface area contributed by atoms with E-state index in [1.165, 1.54) is 0 Å². The fourth-order valence-electron chi connectivity index (χ4n) is 2.64. The molecule has 6 heteroatoms. The second kappa shape index (κ2) is 5.25. The second-order valence-corrected chi connectivity index (χ2v) is 5.89. The minimum absolute atomic E-state index is 0.336. The fraction of sp³-hybridized carbons (Fsp3) is 0.250. The molecule has 1 aromatic carbocycles. The van der Waals surface area contributed by atoms with Gasteiger partial charge in [-0.05, 0) is 31.5 Å². The van der Waals surface area contributed by atoms with Crippen molar-refractivity contribution >= 4 is 28.3 Å². The minimum Gasteiger partial charge on any atom is -0.374 e. The summed E-state index contributed by atoms with van der Waals surface area (Å²) in [6.07, 6.45) is 1.87. The van der Waals surface area contributed by atoms with Gasteiger partial charge in [-0.3, -0.25) is 0 Å². The summed E-state index contributed by atoms with van der Waals surface area (Å²) >= 11 is 6.08. The van der Waals surface area contributed by atoms with Crippen LogP contribution in [0.25, 0.3) is 22.4 Å². The van der Waals surface area contributed by atoms with Gasteiger partial charge in [0, 0.05) is 25.7 Å². The lowest BCUT2D eigenvalue weighted by Crippen LogP contribution is -2.12. The average Bonchev–Trinajstić information content (AvgIpc) is 2.80. The molecule has 0 unspecified atom stereocenters. The Morgan fingerprint density at radius 2 is 1.91 bits per heavy atom. The zero-order valence-corrected chi connectivity index (χ0v) is 13.6. The Morgan fingerprint density at radius 1 is 1.18 bits per heavy atom. The quantitative estimate of drug-likeness (QED) is 0.773. The third-order valence-corrected chi connectivity index (χ3v) is 3.97. The van der Waals surface area contributed by atoms with E-state index >= 15 is 0 Å². The van der Waals surface area contributed by atoms with Crippen LogP contribution in [0.1, 0.15) is 11.3 Å². The summed E-state index contributed by atoms with van der Waals surface area (Å²) < 4.78 is 14.8. The van der Waals surface area contributed by atoms with Crippen LogP contribution in [0.2, 0.25) is 5.02 Å². The number of H-pyrrole nitrogens is 1. The van der Waals surface area contributed by atoms with Crippen LogP contribution >= 0.6 is 11.6 Å². The van der Waals surface area contributed by atoms with Crippen LogP contribution in [0.15, 0.2) is 18.3 Å². The van der Waals surface area contributed by atoms with E-state index in [1.54, 1.807) is 31.1 Å². The second-order valence-electron chi connectivity index (χ2n) is 5.48. The summed E-state index contributed by atoms with van der Waals surface area (Å²) in [6.45, 7) is 3.89. The van der Waals surface area contributed by atoms with Gasteiger partial charge in [-0.2, -0.15) is 0 Å². The van der Waals surface area contributed by atoms with Gasteiger partial charge in [-0.1, -0.05) is 11.6 Å². The third-order valence-electron chi connectivity index (χ3n) is 3.66. The standard InChI is InChI=1S/C16H16ClFN4/c1-8-7-19-16-12(8)9(2)20-15(21-16)10-5-6-11(17)14(13(10)18)22(3)4/h5-7H,1-4H3,(H,19,20,21). The number of aryl methyl sites for hydroxylation is 2. The van der Waals surface area contributed by atoms with Gasteiger partial charge >= 0.3 is 0 Å². The molecule has 2 heterocycles. The zero-order valence-electron chi connectivity index (χ0n) is 12.8. The molecular weight excluding hydrogens is 303 g/mol. The number of fused-ring (bicyclic) bond motifs is 1. The van der Waals surface area contributed by atoms with E-state index in [4.69, 9.17) is 11.6 Å². The summed E-state index contributed by atoms with van der Waals surface area (Å²) in [5.74, 6) is -0.0661. The van der Waals surface area contributed by atoms with Crippen molar-refractivity contribution in [1.82, 2.24) is 15.0 Å². The van der Waals surface area contributed by atoms with E-state index in [0.29, 0.717) is 27.7 Å². The largest absolute Gasteiger partial charge is 0.374 e. The molecule has 3 rings (SSSR count). The van der Waals surface area contributed by atoms with Crippen molar-refractivity contribution in [3.8, 4) is 11.4 Å². The van der Waals surface area contributed by atoms with Crippen molar-refractivity contribution < 1.29 is 4.39 Å². The molecule has 1 N–H and O–H groups in total. The van der Waals surface area contributed by atoms with Gasteiger partial charge in [0.2, 0.25) is 0 Å². The van der Waals surface area contributed by atoms with E-state index in [2.05, 4.69) is 15.0 Å². The highest BCUT2D eigenvalue weighted by atomic mass is 35.5. The van der Waals surface area contributed by atoms with Crippen LogP contribution in [0, 0.1) is 19.7 Å². The van der Waals surface area contributed by atoms with Gasteiger partial charge in [-0.15, -0.1) is 0 Å². The molecule has 0 aliphatic heterocycles. The Bertz CT molecular complexity index is 870. The summed E-state index contributed by atoms with van der Waals surface area (Å²) in [6, 6.07) is 3.28. The van der Waals surface area contributed by atoms with Crippen LogP contribution in [0.5, 0.6) is 0 Å². The van der Waals surface area contributed by atoms with Crippen LogP contribution < -0.4 is 4.90 Å². The maximum Gasteiger partial charge on any atom is 0.164 e. The summed E-state index contributed by atoms with van der Waals surface area (Å²) in [5.41, 5.74) is 3.28. The van der Waals surface area contributed by atoms with Crippen molar-refractivity contribution in [2.45, 2.75) is 13.8 Å². The first-order valence-electron chi connectivity index (χ1n) is 6.88. The predicted octanol–water partition coefficient (Wildman–Crippen LogP) is 4.10. The van der Waals surface area contributed by atoms with E-state index in [-0.39, 0.29) is 0 Å². The van der Waals surface area contributed by atoms with Crippen molar-refractivity contribution in [2.24, 2.45) is 0 Å². The molecule has 0 fully saturated rings. The fourth-order valence-corrected chi connectivity index (χ4v) is 2.96. The normalized spacial score (nSPS) is 11.2. The first-order chi connectivity index (χ1) is 10.4. The van der Waals surface area contributed by atoms with Gasteiger partial charge in [0.15, 0.2) is 11.6 Å². The number of benzene rings is 1. The molecule has 0 aliphatic rings. The van der Waals surface area contributed by atoms with Gasteiger partial charge in [-0.25, -0.2) is 14.4 Å². The number of rotatable bonds is 2. The van der Waals surface area contributed by atoms with Gasteiger partial charge in [0.25, 0.3) is 0 Å². The summed E-state index contributed by atoms with van der Waals surface area (Å²) in [5, 5.41) is 1.34. The highest BCUT2D eigenvalue weighted by molar-refractivity contribution is 6.33. The van der Waals surface area contributed by atoms with E-state index in [1.807, 2.05) is 20.0 Å². The van der Waals surface area contributed by atoms with Crippen LogP contribution in [0.4, 0.5) is 10.1 Å². The number of halogens is 2. The van der Waals surface area contributed by atoms with Crippen LogP contribution in [0.3, 0.4) is 0 Å². The number of aromatic amines is 1. The molecule has 3 aromatic rings. The third kappa shape index (κ3) is 2.22. The molecule has 114 valence electrons. The lowest BCUT2D eigenvalue weighted by molar-refractivity contribution is 0.628. The molecule has 0 spiro atoms. The Balaban J connectivity index is 2.26. The van der Waals surface area contributed by atoms with Gasteiger partial charge in [0.05, 0.1) is 22.0 Å². The van der Waals surface area contributed by atoms with Gasteiger partial charge < -0.3 is 9.88 Å². The maximum absolute atomic E-state index is 14.8. The number of hydrogen-bond donors (Lipinski definition) is 1. The number of hydrogen-bond acceptors (Lipinski definition) is 3. The molecular formula is C16H16ClFN4. The van der Waals surface area contributed by atoms with Crippen LogP contribution in [-0.4, -0.2) is 29.0 Å². The Hall–Kier alpha value is -2.14. The molecule has 0 saturated carbocycles. The van der Waals surface area contributed by atoms with Crippen LogP contribution in [-0.2, 0) is 0 Å². The summed E-state index contributed by atoms with van der Waals surface area (Å²) in [4.78, 5) is 13.7. The number of nitrogens with zero attached hydrogens (tertiary/aromatic N) is 3. The zero-order chi connectivity index (χ0) is 16.0. The number of aromatic nitrogens is 3. The molecule has 4 nitrogen and oxygen atoms in total. The molecule has 0 aliphatic carbocycles. The smallest absolute Gasteiger partial charge is 0.164 e. The Labute approximate surface area is 133 Å². The van der Waals surface area contributed by atoms with Crippen molar-refractivity contribution in [1.29, 1.82) is 0 Å². The molecule has 22 heavy (non-hydrogen) atoms. The van der Waals surface area contributed by atoms with Crippen molar-refractivity contribution in [3.05, 3.63) is 40.4 Å². The Morgan fingerprint density at radius 3 is 2.59 bits per heavy atom. The predicted molar refractivity (Wildman–Crippen MR) is 88.1 cm³/mol. The van der Waals surface area contributed by atoms with Gasteiger partial charge in [0.1, 0.15) is 5.65 Å². The molecule has 0 amide bonds. The average molecular weight is 319 g/mol. The minimum atomic E-state index is -0.417. The highest BCUT2D eigenvalue weighted by Gasteiger charge is 2.18. The van der Waals surface area contributed by atoms with Crippen molar-refractivity contribution in [3.63, 3.8) is 0 Å². The van der Waals surface area contributed by atoms with E-state index in [9.17, 15) is 4.39 Å². The monoisotopic (exact) mass is 318 g/mol. The first kappa shape index (κ1) is 14.8. The molecule has 0 radical (unpaired) electrons. The lowest BCUT2D eigenvalue weighted by atomic mass is 10.1. The Kier molecular flexibility index (Phi) is 3.53. The number of anilines is 1. The summed E-state index contributed by atoms with van der Waals surface area (Å²) in [7, 11) is 3.50. The maximum atomic E-state index is 14.8. The van der Waals surface area contributed by atoms with Crippen molar-refractivity contribution in [2.75, 3.05) is 19.0 Å². The first-order valence-corrected chi connectivity index (χ1v) is 7.26. The SMILES string of the molecule is Cc1c[nH]c2nc(-c3ccc(Cl)c(N(C)C)c3F)nc(C)c12. The molecule has 0 atom stereocenters. The molecule has 0 saturated heterocycles. The van der Waals surface area contributed by atoms with E-state index < -0.39 is 5.82 Å².